The van der Waals surface area contributed by atoms with Crippen LogP contribution in [0, 0.1) is 5.92 Å². The second-order valence-corrected chi connectivity index (χ2v) is 4.55. The topological polar surface area (TPSA) is 61.4 Å². The molecule has 1 rings (SSSR count). The van der Waals surface area contributed by atoms with Crippen molar-refractivity contribution in [3.05, 3.63) is 0 Å². The smallest absolute Gasteiger partial charge is 0.220 e. The first-order valence-electron chi connectivity index (χ1n) is 6.41. The Labute approximate surface area is 97.8 Å². The molecule has 0 bridgehead atoms. The number of carbonyl (C=O) groups is 1. The van der Waals surface area contributed by atoms with E-state index in [1.807, 2.05) is 0 Å². The van der Waals surface area contributed by atoms with Gasteiger partial charge in [-0.2, -0.15) is 0 Å². The summed E-state index contributed by atoms with van der Waals surface area (Å²) in [6, 6.07) is 0. The fourth-order valence-corrected chi connectivity index (χ4v) is 2.07. The summed E-state index contributed by atoms with van der Waals surface area (Å²) in [5, 5.41) is 14.9. The van der Waals surface area contributed by atoms with Crippen molar-refractivity contribution in [3.8, 4) is 0 Å². The van der Waals surface area contributed by atoms with Crippen molar-refractivity contribution < 1.29 is 9.90 Å². The molecular formula is C12H24N2O2. The summed E-state index contributed by atoms with van der Waals surface area (Å²) in [5.41, 5.74) is 0. The number of aliphatic hydroxyl groups excluding tert-OH is 1. The number of amides is 1. The summed E-state index contributed by atoms with van der Waals surface area (Å²) in [4.78, 5) is 11.6. The molecule has 0 radical (unpaired) electrons. The lowest BCUT2D eigenvalue weighted by Crippen LogP contribution is -2.34. The van der Waals surface area contributed by atoms with Crippen molar-refractivity contribution in [2.45, 2.75) is 38.5 Å². The van der Waals surface area contributed by atoms with E-state index in [-0.39, 0.29) is 12.5 Å². The Hall–Kier alpha value is -0.610. The normalized spacial score (nSPS) is 20.7. The minimum absolute atomic E-state index is 0.178. The molecule has 4 nitrogen and oxygen atoms in total. The van der Waals surface area contributed by atoms with E-state index in [2.05, 4.69) is 10.6 Å². The predicted octanol–water partition coefficient (Wildman–Crippen LogP) is 0.655. The Morgan fingerprint density at radius 1 is 1.38 bits per heavy atom. The second-order valence-electron chi connectivity index (χ2n) is 4.55. The first kappa shape index (κ1) is 13.5. The molecule has 1 heterocycles. The van der Waals surface area contributed by atoms with Gasteiger partial charge in [-0.15, -0.1) is 0 Å². The summed E-state index contributed by atoms with van der Waals surface area (Å²) >= 11 is 0. The van der Waals surface area contributed by atoms with Gasteiger partial charge in [0.2, 0.25) is 5.91 Å². The third kappa shape index (κ3) is 6.08. The summed E-state index contributed by atoms with van der Waals surface area (Å²) in [6.45, 7) is 3.08. The molecule has 0 saturated carbocycles. The van der Waals surface area contributed by atoms with Gasteiger partial charge >= 0.3 is 0 Å². The molecule has 16 heavy (non-hydrogen) atoms. The Kier molecular flexibility index (Phi) is 7.17. The molecule has 1 aliphatic heterocycles. The van der Waals surface area contributed by atoms with Gasteiger partial charge in [0.05, 0.1) is 0 Å². The van der Waals surface area contributed by atoms with Gasteiger partial charge in [0.15, 0.2) is 0 Å². The molecule has 0 aliphatic carbocycles. The minimum atomic E-state index is 0.178. The van der Waals surface area contributed by atoms with Crippen LogP contribution in [-0.4, -0.2) is 37.3 Å². The third-order valence-corrected chi connectivity index (χ3v) is 3.03. The lowest BCUT2D eigenvalue weighted by atomic mass is 9.96. The first-order chi connectivity index (χ1) is 7.83. The molecule has 0 aromatic rings. The number of hydrogen-bond acceptors (Lipinski definition) is 3. The molecule has 0 spiro atoms. The summed E-state index contributed by atoms with van der Waals surface area (Å²) in [5.74, 6) is 0.698. The summed E-state index contributed by atoms with van der Waals surface area (Å²) < 4.78 is 0. The summed E-state index contributed by atoms with van der Waals surface area (Å²) in [6.07, 6.45) is 5.81. The van der Waals surface area contributed by atoms with Crippen LogP contribution in [0.4, 0.5) is 0 Å². The van der Waals surface area contributed by atoms with Crippen LogP contribution >= 0.6 is 0 Å². The van der Waals surface area contributed by atoms with Crippen LogP contribution in [-0.2, 0) is 4.79 Å². The van der Waals surface area contributed by atoms with E-state index in [1.54, 1.807) is 0 Å². The largest absolute Gasteiger partial charge is 0.396 e. The van der Waals surface area contributed by atoms with E-state index in [9.17, 15) is 4.79 Å². The molecule has 94 valence electrons. The Bertz CT molecular complexity index is 191. The van der Waals surface area contributed by atoms with Gasteiger partial charge in [-0.3, -0.25) is 4.79 Å². The van der Waals surface area contributed by atoms with Crippen LogP contribution in [0.1, 0.15) is 38.5 Å². The Morgan fingerprint density at radius 3 is 2.94 bits per heavy atom. The minimum Gasteiger partial charge on any atom is -0.396 e. The molecule has 3 N–H and O–H groups in total. The molecule has 1 atom stereocenters. The molecule has 0 aromatic carbocycles. The van der Waals surface area contributed by atoms with E-state index in [0.717, 1.165) is 38.9 Å². The van der Waals surface area contributed by atoms with Gasteiger partial charge in [-0.25, -0.2) is 0 Å². The van der Waals surface area contributed by atoms with E-state index in [1.165, 1.54) is 12.8 Å². The van der Waals surface area contributed by atoms with Crippen LogP contribution in [0.3, 0.4) is 0 Å². The average molecular weight is 228 g/mol. The van der Waals surface area contributed by atoms with Crippen LogP contribution in [0.15, 0.2) is 0 Å². The lowest BCUT2D eigenvalue weighted by Gasteiger charge is -2.22. The van der Waals surface area contributed by atoms with Gasteiger partial charge < -0.3 is 15.7 Å². The second kappa shape index (κ2) is 8.53. The average Bonchev–Trinajstić information content (AvgIpc) is 2.30. The number of hydrogen-bond donors (Lipinski definition) is 3. The zero-order valence-corrected chi connectivity index (χ0v) is 10.0. The van der Waals surface area contributed by atoms with Crippen molar-refractivity contribution in [2.24, 2.45) is 5.92 Å². The van der Waals surface area contributed by atoms with Gasteiger partial charge in [0.25, 0.3) is 0 Å². The van der Waals surface area contributed by atoms with Gasteiger partial charge in [-0.05, 0) is 51.1 Å². The van der Waals surface area contributed by atoms with Crippen LogP contribution in [0.5, 0.6) is 0 Å². The van der Waals surface area contributed by atoms with Crippen molar-refractivity contribution >= 4 is 5.91 Å². The highest BCUT2D eigenvalue weighted by atomic mass is 16.2. The zero-order chi connectivity index (χ0) is 11.6. The SMILES string of the molecule is O=C(CC1CCCNC1)NCCCCCO. The maximum Gasteiger partial charge on any atom is 0.220 e. The zero-order valence-electron chi connectivity index (χ0n) is 10.0. The van der Waals surface area contributed by atoms with Gasteiger partial charge in [0.1, 0.15) is 0 Å². The third-order valence-electron chi connectivity index (χ3n) is 3.03. The molecule has 1 saturated heterocycles. The van der Waals surface area contributed by atoms with E-state index >= 15 is 0 Å². The fourth-order valence-electron chi connectivity index (χ4n) is 2.07. The van der Waals surface area contributed by atoms with Crippen LogP contribution in [0.2, 0.25) is 0 Å². The highest BCUT2D eigenvalue weighted by molar-refractivity contribution is 5.76. The molecule has 4 heteroatoms. The maximum atomic E-state index is 11.6. The summed E-state index contributed by atoms with van der Waals surface area (Å²) in [7, 11) is 0. The number of piperidine rings is 1. The first-order valence-corrected chi connectivity index (χ1v) is 6.41. The lowest BCUT2D eigenvalue weighted by molar-refractivity contribution is -0.122. The standard InChI is InChI=1S/C12H24N2O2/c15-8-3-1-2-7-14-12(16)9-11-5-4-6-13-10-11/h11,13,15H,1-10H2,(H,14,16). The molecular weight excluding hydrogens is 204 g/mol. The number of carbonyl (C=O) groups excluding carboxylic acids is 1. The number of aliphatic hydroxyl groups is 1. The number of nitrogens with one attached hydrogen (secondary N) is 2. The Balaban J connectivity index is 1.97. The molecule has 1 aliphatic rings. The van der Waals surface area contributed by atoms with Crippen LogP contribution in [0.25, 0.3) is 0 Å². The molecule has 0 aromatic heterocycles. The molecule has 1 unspecified atom stereocenters. The van der Waals surface area contributed by atoms with Crippen LogP contribution < -0.4 is 10.6 Å². The van der Waals surface area contributed by atoms with Crippen molar-refractivity contribution in [2.75, 3.05) is 26.2 Å². The molecule has 1 fully saturated rings. The van der Waals surface area contributed by atoms with E-state index in [4.69, 9.17) is 5.11 Å². The predicted molar refractivity (Wildman–Crippen MR) is 64.2 cm³/mol. The van der Waals surface area contributed by atoms with E-state index < -0.39 is 0 Å². The fraction of sp³-hybridized carbons (Fsp3) is 0.917. The maximum absolute atomic E-state index is 11.6. The van der Waals surface area contributed by atoms with Gasteiger partial charge in [0, 0.05) is 19.6 Å². The number of unbranched alkanes of at least 4 members (excludes halogenated alkanes) is 2. The monoisotopic (exact) mass is 228 g/mol. The van der Waals surface area contributed by atoms with Crippen molar-refractivity contribution in [1.29, 1.82) is 0 Å². The van der Waals surface area contributed by atoms with E-state index in [0.29, 0.717) is 12.3 Å². The molecule has 1 amide bonds. The highest BCUT2D eigenvalue weighted by Gasteiger charge is 2.16. The van der Waals surface area contributed by atoms with Gasteiger partial charge in [-0.1, -0.05) is 0 Å². The highest BCUT2D eigenvalue weighted by Crippen LogP contribution is 2.13. The van der Waals surface area contributed by atoms with Crippen molar-refractivity contribution in [3.63, 3.8) is 0 Å². The Morgan fingerprint density at radius 2 is 2.25 bits per heavy atom. The quantitative estimate of drug-likeness (QED) is 0.561. The van der Waals surface area contributed by atoms with Crippen molar-refractivity contribution in [1.82, 2.24) is 10.6 Å². The number of rotatable bonds is 7.